The van der Waals surface area contributed by atoms with Crippen LogP contribution in [0.3, 0.4) is 0 Å². The SMILES string of the molecule is CC(=N)N1C(=N)CN=C(c2ccc(Cl)cc2)c2c1sc(C)c2C.CCn1c2ccc(CNCCCCNC(C)=O)cc2c2ccc(-c3cc(C)cs3)cc21. The van der Waals surface area contributed by atoms with Gasteiger partial charge in [-0.2, -0.15) is 0 Å². The quantitative estimate of drug-likeness (QED) is 0.0632. The zero-order valence-corrected chi connectivity index (χ0v) is 34.2. The number of nitrogens with one attached hydrogen (secondary N) is 4. The van der Waals surface area contributed by atoms with Crippen molar-refractivity contribution >= 4 is 84.4 Å². The number of aryl methyl sites for hydroxylation is 3. The third kappa shape index (κ3) is 8.52. The fourth-order valence-electron chi connectivity index (χ4n) is 6.88. The van der Waals surface area contributed by atoms with E-state index in [1.54, 1.807) is 30.1 Å². The third-order valence-corrected chi connectivity index (χ3v) is 12.2. The smallest absolute Gasteiger partial charge is 0.216 e. The van der Waals surface area contributed by atoms with Crippen molar-refractivity contribution in [1.82, 2.24) is 15.2 Å². The van der Waals surface area contributed by atoms with E-state index < -0.39 is 0 Å². The van der Waals surface area contributed by atoms with Crippen LogP contribution in [-0.2, 0) is 17.9 Å². The average Bonchev–Trinajstić information content (AvgIpc) is 3.77. The highest BCUT2D eigenvalue weighted by atomic mass is 35.5. The maximum absolute atomic E-state index is 10.9. The minimum Gasteiger partial charge on any atom is -0.356 e. The number of thiophene rings is 2. The second-order valence-electron chi connectivity index (χ2n) is 13.7. The number of fused-ring (bicyclic) bond motifs is 4. The number of hydrogen-bond acceptors (Lipinski definition) is 7. The van der Waals surface area contributed by atoms with E-state index in [-0.39, 0.29) is 12.5 Å². The molecule has 6 aromatic rings. The summed E-state index contributed by atoms with van der Waals surface area (Å²) in [4.78, 5) is 19.8. The van der Waals surface area contributed by atoms with Crippen molar-refractivity contribution in [2.24, 2.45) is 4.99 Å². The van der Waals surface area contributed by atoms with Crippen LogP contribution in [0.4, 0.5) is 5.00 Å². The van der Waals surface area contributed by atoms with E-state index in [1.807, 2.05) is 35.6 Å². The van der Waals surface area contributed by atoms with Gasteiger partial charge in [-0.05, 0) is 118 Å². The van der Waals surface area contributed by atoms with Gasteiger partial charge < -0.3 is 15.2 Å². The van der Waals surface area contributed by atoms with E-state index in [9.17, 15) is 4.79 Å². The number of amidine groups is 2. The Morgan fingerprint density at radius 2 is 1.67 bits per heavy atom. The van der Waals surface area contributed by atoms with Gasteiger partial charge in [0.15, 0.2) is 0 Å². The highest BCUT2D eigenvalue weighted by Crippen LogP contribution is 2.39. The Morgan fingerprint density at radius 1 is 0.926 bits per heavy atom. The topological polar surface area (TPSA) is 109 Å². The fourth-order valence-corrected chi connectivity index (χ4v) is 9.13. The number of rotatable bonds is 10. The monoisotopic (exact) mass is 777 g/mol. The molecule has 3 aromatic heterocycles. The van der Waals surface area contributed by atoms with E-state index in [2.05, 4.69) is 95.7 Å². The number of halogens is 1. The number of anilines is 1. The summed E-state index contributed by atoms with van der Waals surface area (Å²) in [5, 5.41) is 29.2. The number of benzene rings is 3. The summed E-state index contributed by atoms with van der Waals surface area (Å²) < 4.78 is 2.42. The van der Waals surface area contributed by atoms with Gasteiger partial charge in [0.25, 0.3) is 0 Å². The van der Waals surface area contributed by atoms with E-state index in [1.165, 1.54) is 48.3 Å². The van der Waals surface area contributed by atoms with Gasteiger partial charge in [0.05, 0.1) is 12.3 Å². The van der Waals surface area contributed by atoms with E-state index in [0.717, 1.165) is 66.4 Å². The van der Waals surface area contributed by atoms with Gasteiger partial charge in [-0.1, -0.05) is 41.9 Å². The highest BCUT2D eigenvalue weighted by molar-refractivity contribution is 7.17. The summed E-state index contributed by atoms with van der Waals surface area (Å²) >= 11 is 9.42. The van der Waals surface area contributed by atoms with Gasteiger partial charge in [-0.15, -0.1) is 22.7 Å². The van der Waals surface area contributed by atoms with Gasteiger partial charge in [0, 0.05) is 74.3 Å². The summed E-state index contributed by atoms with van der Waals surface area (Å²) in [5.74, 6) is 0.708. The molecule has 280 valence electrons. The number of hydrogen-bond donors (Lipinski definition) is 4. The molecular weight excluding hydrogens is 730 g/mol. The molecule has 1 aliphatic rings. The molecule has 0 fully saturated rings. The van der Waals surface area contributed by atoms with Crippen molar-refractivity contribution in [1.29, 1.82) is 10.8 Å². The van der Waals surface area contributed by atoms with Crippen molar-refractivity contribution < 1.29 is 4.79 Å². The largest absolute Gasteiger partial charge is 0.356 e. The third-order valence-electron chi connectivity index (χ3n) is 9.66. The second kappa shape index (κ2) is 17.2. The predicted molar refractivity (Wildman–Crippen MR) is 232 cm³/mol. The van der Waals surface area contributed by atoms with Crippen LogP contribution in [0.2, 0.25) is 5.02 Å². The van der Waals surface area contributed by atoms with Crippen LogP contribution < -0.4 is 15.5 Å². The molecule has 1 aliphatic heterocycles. The molecule has 4 heterocycles. The second-order valence-corrected chi connectivity index (χ2v) is 16.2. The molecule has 0 bridgehead atoms. The highest BCUT2D eigenvalue weighted by Gasteiger charge is 2.29. The van der Waals surface area contributed by atoms with Crippen LogP contribution in [0, 0.1) is 31.6 Å². The molecule has 0 radical (unpaired) electrons. The van der Waals surface area contributed by atoms with Crippen LogP contribution in [-0.4, -0.2) is 47.5 Å². The van der Waals surface area contributed by atoms with Gasteiger partial charge in [0.1, 0.15) is 16.7 Å². The van der Waals surface area contributed by atoms with Crippen LogP contribution in [0.25, 0.3) is 32.2 Å². The lowest BCUT2D eigenvalue weighted by Crippen LogP contribution is -2.35. The van der Waals surface area contributed by atoms with Crippen molar-refractivity contribution in [3.8, 4) is 10.4 Å². The maximum atomic E-state index is 10.9. The predicted octanol–water partition coefficient (Wildman–Crippen LogP) is 10.5. The lowest BCUT2D eigenvalue weighted by Gasteiger charge is -2.21. The van der Waals surface area contributed by atoms with E-state index in [4.69, 9.17) is 22.4 Å². The van der Waals surface area contributed by atoms with Crippen molar-refractivity contribution in [3.63, 3.8) is 0 Å². The van der Waals surface area contributed by atoms with E-state index in [0.29, 0.717) is 16.7 Å². The number of carbonyl (C=O) groups is 1. The Hall–Kier alpha value is -4.61. The molecule has 11 heteroatoms. The summed E-state index contributed by atoms with van der Waals surface area (Å²) in [6.07, 6.45) is 2.06. The Balaban J connectivity index is 0.000000193. The van der Waals surface area contributed by atoms with Crippen LogP contribution in [0.5, 0.6) is 0 Å². The molecule has 7 rings (SSSR count). The molecular formula is C43H48ClN7OS2. The first-order chi connectivity index (χ1) is 26.0. The normalized spacial score (nSPS) is 12.7. The van der Waals surface area contributed by atoms with Gasteiger partial charge in [-0.3, -0.25) is 25.5 Å². The van der Waals surface area contributed by atoms with Crippen molar-refractivity contribution in [2.45, 2.75) is 67.5 Å². The summed E-state index contributed by atoms with van der Waals surface area (Å²) in [5.41, 5.74) is 10.6. The molecule has 1 amide bonds. The number of nitrogens with zero attached hydrogens (tertiary/aromatic N) is 3. The maximum Gasteiger partial charge on any atom is 0.216 e. The minimum absolute atomic E-state index is 0.0464. The van der Waals surface area contributed by atoms with Gasteiger partial charge in [-0.25, -0.2) is 0 Å². The number of carbonyl (C=O) groups excluding carboxylic acids is 1. The molecule has 0 atom stereocenters. The molecule has 0 unspecified atom stereocenters. The molecule has 0 spiro atoms. The van der Waals surface area contributed by atoms with Crippen LogP contribution >= 0.6 is 34.3 Å². The van der Waals surface area contributed by atoms with Gasteiger partial charge >= 0.3 is 0 Å². The zero-order chi connectivity index (χ0) is 38.5. The Morgan fingerprint density at radius 3 is 2.35 bits per heavy atom. The summed E-state index contributed by atoms with van der Waals surface area (Å²) in [6, 6.07) is 23.6. The van der Waals surface area contributed by atoms with Crippen molar-refractivity contribution in [3.05, 3.63) is 110 Å². The zero-order valence-electron chi connectivity index (χ0n) is 31.8. The summed E-state index contributed by atoms with van der Waals surface area (Å²) in [6.45, 7) is 15.6. The Labute approximate surface area is 330 Å². The molecule has 0 aliphatic carbocycles. The first-order valence-electron chi connectivity index (χ1n) is 18.4. The van der Waals surface area contributed by atoms with Gasteiger partial charge in [0.2, 0.25) is 5.91 Å². The number of aliphatic imine (C=N–C) groups is 1. The van der Waals surface area contributed by atoms with Crippen molar-refractivity contribution in [2.75, 3.05) is 24.5 Å². The van der Waals surface area contributed by atoms with Crippen LogP contribution in [0.15, 0.2) is 77.1 Å². The molecule has 0 saturated carbocycles. The molecule has 3 aromatic carbocycles. The number of amides is 1. The molecule has 54 heavy (non-hydrogen) atoms. The molecule has 4 N–H and O–H groups in total. The lowest BCUT2D eigenvalue weighted by molar-refractivity contribution is -0.118. The fraction of sp³-hybridized carbons (Fsp3) is 0.302. The Kier molecular flexibility index (Phi) is 12.5. The minimum atomic E-state index is 0.0464. The number of unbranched alkanes of at least 4 members (excludes halogenated alkanes) is 1. The average molecular weight is 778 g/mol. The van der Waals surface area contributed by atoms with Crippen LogP contribution in [0.1, 0.15) is 66.3 Å². The lowest BCUT2D eigenvalue weighted by atomic mass is 10.00. The first-order valence-corrected chi connectivity index (χ1v) is 20.4. The molecule has 8 nitrogen and oxygen atoms in total. The first kappa shape index (κ1) is 39.1. The Bertz CT molecular complexity index is 2370. The standard InChI is InChI=1S/C26H31N3OS.C17H17ClN4S/c1-4-29-24-10-7-20(16-27-11-5-6-12-28-19(3)30)14-23(24)22-9-8-21(15-25(22)29)26-13-18(2)17-31-26;1-9-10(2)23-17-15(9)16(12-4-6-13(18)7-5-12)21-8-14(20)22(17)11(3)19/h7-10,13-15,17,27H,4-6,11-12,16H2,1-3H3,(H,28,30);4-7,19-20H,8H2,1-3H3. The van der Waals surface area contributed by atoms with E-state index >= 15 is 0 Å². The number of aromatic nitrogens is 1. The molecule has 0 saturated heterocycles. The summed E-state index contributed by atoms with van der Waals surface area (Å²) in [7, 11) is 0.